The molecule has 20 heavy (non-hydrogen) atoms. The molecule has 0 radical (unpaired) electrons. The fourth-order valence-electron chi connectivity index (χ4n) is 2.57. The van der Waals surface area contributed by atoms with Crippen LogP contribution in [0.2, 0.25) is 0 Å². The summed E-state index contributed by atoms with van der Waals surface area (Å²) < 4.78 is 0. The van der Waals surface area contributed by atoms with Gasteiger partial charge in [0.25, 0.3) is 0 Å². The van der Waals surface area contributed by atoms with Gasteiger partial charge in [0.1, 0.15) is 0 Å². The van der Waals surface area contributed by atoms with Crippen molar-refractivity contribution in [3.63, 3.8) is 0 Å². The third kappa shape index (κ3) is 4.52. The second-order valence-corrected chi connectivity index (χ2v) is 5.53. The van der Waals surface area contributed by atoms with E-state index in [-0.39, 0.29) is 18.2 Å². The zero-order valence-corrected chi connectivity index (χ0v) is 12.0. The van der Waals surface area contributed by atoms with Crippen LogP contribution in [-0.4, -0.2) is 40.0 Å². The van der Waals surface area contributed by atoms with E-state index < -0.39 is 0 Å². The fourth-order valence-corrected chi connectivity index (χ4v) is 2.57. The Balaban J connectivity index is 1.57. The third-order valence-electron chi connectivity index (χ3n) is 3.87. The Morgan fingerprint density at radius 1 is 1.45 bits per heavy atom. The maximum absolute atomic E-state index is 11.7. The predicted molar refractivity (Wildman–Crippen MR) is 76.4 cm³/mol. The summed E-state index contributed by atoms with van der Waals surface area (Å²) in [6, 6.07) is 0.102. The molecule has 1 aliphatic carbocycles. The topological polar surface area (TPSA) is 90.0 Å². The number of aromatic amines is 1. The van der Waals surface area contributed by atoms with Crippen molar-refractivity contribution in [2.75, 3.05) is 6.54 Å². The number of aliphatic hydroxyl groups excluding tert-OH is 1. The Kier molecular flexibility index (Phi) is 5.40. The number of carbonyl (C=O) groups excluding carboxylic acids is 1. The molecule has 1 aromatic heterocycles. The largest absolute Gasteiger partial charge is 0.393 e. The van der Waals surface area contributed by atoms with Gasteiger partial charge >= 0.3 is 6.03 Å². The molecule has 0 atom stereocenters. The summed E-state index contributed by atoms with van der Waals surface area (Å²) in [6.45, 7) is 2.66. The number of carbonyl (C=O) groups is 1. The molecule has 2 rings (SSSR count). The van der Waals surface area contributed by atoms with E-state index in [1.165, 1.54) is 5.56 Å². The summed E-state index contributed by atoms with van der Waals surface area (Å²) in [5.41, 5.74) is 2.30. The highest BCUT2D eigenvalue weighted by atomic mass is 16.3. The number of aryl methyl sites for hydroxylation is 2. The van der Waals surface area contributed by atoms with Gasteiger partial charge in [-0.3, -0.25) is 5.10 Å². The van der Waals surface area contributed by atoms with E-state index in [1.807, 2.05) is 13.1 Å². The highest BCUT2D eigenvalue weighted by Crippen LogP contribution is 2.18. The van der Waals surface area contributed by atoms with E-state index in [0.29, 0.717) is 6.54 Å². The van der Waals surface area contributed by atoms with E-state index in [4.69, 9.17) is 0 Å². The molecule has 1 fully saturated rings. The molecular weight excluding hydrogens is 256 g/mol. The number of H-pyrrole nitrogens is 1. The van der Waals surface area contributed by atoms with E-state index in [2.05, 4.69) is 20.8 Å². The lowest BCUT2D eigenvalue weighted by Gasteiger charge is -2.26. The lowest BCUT2D eigenvalue weighted by Crippen LogP contribution is -2.44. The molecule has 1 aliphatic rings. The molecule has 0 saturated heterocycles. The van der Waals surface area contributed by atoms with Crippen LogP contribution >= 0.6 is 0 Å². The van der Waals surface area contributed by atoms with Gasteiger partial charge in [-0.05, 0) is 51.0 Å². The first-order chi connectivity index (χ1) is 9.65. The van der Waals surface area contributed by atoms with Gasteiger partial charge in [0.15, 0.2) is 0 Å². The summed E-state index contributed by atoms with van der Waals surface area (Å²) in [5, 5.41) is 22.1. The number of aliphatic hydroxyl groups is 1. The van der Waals surface area contributed by atoms with E-state index in [9.17, 15) is 9.90 Å². The number of amides is 2. The molecule has 0 bridgehead atoms. The minimum atomic E-state index is -0.186. The van der Waals surface area contributed by atoms with Crippen LogP contribution in [0.5, 0.6) is 0 Å². The van der Waals surface area contributed by atoms with Crippen LogP contribution in [0.1, 0.15) is 43.4 Å². The Labute approximate surface area is 119 Å². The Bertz CT molecular complexity index is 425. The second kappa shape index (κ2) is 7.28. The van der Waals surface area contributed by atoms with Crippen molar-refractivity contribution in [2.45, 2.75) is 57.6 Å². The lowest BCUT2D eigenvalue weighted by molar-refractivity contribution is 0.117. The van der Waals surface area contributed by atoms with E-state index in [1.54, 1.807) is 0 Å². The van der Waals surface area contributed by atoms with Gasteiger partial charge in [-0.15, -0.1) is 0 Å². The number of rotatable bonds is 5. The maximum atomic E-state index is 11.7. The van der Waals surface area contributed by atoms with Crippen molar-refractivity contribution >= 4 is 6.03 Å². The Morgan fingerprint density at radius 3 is 2.85 bits per heavy atom. The zero-order chi connectivity index (χ0) is 14.4. The molecule has 0 aliphatic heterocycles. The first-order valence-electron chi connectivity index (χ1n) is 7.36. The highest BCUT2D eigenvalue weighted by molar-refractivity contribution is 5.74. The number of hydrogen-bond acceptors (Lipinski definition) is 3. The van der Waals surface area contributed by atoms with Crippen molar-refractivity contribution in [3.05, 3.63) is 17.5 Å². The standard InChI is InChI=1S/C14H24N4O2/c1-10-11(9-16-18-10)3-2-8-15-14(20)17-12-4-6-13(19)7-5-12/h9,12-13,19H,2-8H2,1H3,(H,16,18)(H2,15,17,20). The van der Waals surface area contributed by atoms with Gasteiger partial charge in [0.05, 0.1) is 12.3 Å². The molecule has 6 nitrogen and oxygen atoms in total. The normalized spacial score (nSPS) is 22.5. The lowest BCUT2D eigenvalue weighted by atomic mass is 9.93. The SMILES string of the molecule is Cc1[nH]ncc1CCCNC(=O)NC1CCC(O)CC1. The number of hydrogen-bond donors (Lipinski definition) is 4. The summed E-state index contributed by atoms with van der Waals surface area (Å²) in [7, 11) is 0. The minimum absolute atomic E-state index is 0.102. The molecular formula is C14H24N4O2. The minimum Gasteiger partial charge on any atom is -0.393 e. The molecule has 1 aromatic rings. The average molecular weight is 280 g/mol. The maximum Gasteiger partial charge on any atom is 0.315 e. The molecule has 0 spiro atoms. The number of nitrogens with zero attached hydrogens (tertiary/aromatic N) is 1. The van der Waals surface area contributed by atoms with Gasteiger partial charge in [-0.25, -0.2) is 4.79 Å². The van der Waals surface area contributed by atoms with Crippen LogP contribution in [0.15, 0.2) is 6.20 Å². The fraction of sp³-hybridized carbons (Fsp3) is 0.714. The Hall–Kier alpha value is -1.56. The van der Waals surface area contributed by atoms with E-state index in [0.717, 1.165) is 44.2 Å². The van der Waals surface area contributed by atoms with Gasteiger partial charge < -0.3 is 15.7 Å². The van der Waals surface area contributed by atoms with Crippen LogP contribution < -0.4 is 10.6 Å². The highest BCUT2D eigenvalue weighted by Gasteiger charge is 2.20. The molecule has 0 unspecified atom stereocenters. The van der Waals surface area contributed by atoms with Crippen molar-refractivity contribution in [1.29, 1.82) is 0 Å². The smallest absolute Gasteiger partial charge is 0.315 e. The molecule has 1 saturated carbocycles. The molecule has 4 N–H and O–H groups in total. The second-order valence-electron chi connectivity index (χ2n) is 5.53. The van der Waals surface area contributed by atoms with Crippen LogP contribution in [-0.2, 0) is 6.42 Å². The average Bonchev–Trinajstić information content (AvgIpc) is 2.83. The van der Waals surface area contributed by atoms with Gasteiger partial charge in [-0.1, -0.05) is 0 Å². The van der Waals surface area contributed by atoms with Crippen LogP contribution in [0.25, 0.3) is 0 Å². The van der Waals surface area contributed by atoms with Crippen molar-refractivity contribution in [3.8, 4) is 0 Å². The van der Waals surface area contributed by atoms with Gasteiger partial charge in [-0.2, -0.15) is 5.10 Å². The van der Waals surface area contributed by atoms with E-state index >= 15 is 0 Å². The number of aromatic nitrogens is 2. The van der Waals surface area contributed by atoms with Crippen molar-refractivity contribution < 1.29 is 9.90 Å². The predicted octanol–water partition coefficient (Wildman–Crippen LogP) is 1.25. The summed E-state index contributed by atoms with van der Waals surface area (Å²) >= 11 is 0. The summed E-state index contributed by atoms with van der Waals surface area (Å²) in [6.07, 6.45) is 6.76. The molecule has 6 heteroatoms. The molecule has 2 amide bonds. The molecule has 0 aromatic carbocycles. The van der Waals surface area contributed by atoms with Crippen LogP contribution in [0, 0.1) is 6.92 Å². The summed E-state index contributed by atoms with van der Waals surface area (Å²) in [4.78, 5) is 11.7. The van der Waals surface area contributed by atoms with Crippen LogP contribution in [0.3, 0.4) is 0 Å². The molecule has 1 heterocycles. The monoisotopic (exact) mass is 280 g/mol. The number of urea groups is 1. The van der Waals surface area contributed by atoms with Gasteiger partial charge in [0.2, 0.25) is 0 Å². The summed E-state index contributed by atoms with van der Waals surface area (Å²) in [5.74, 6) is 0. The Morgan fingerprint density at radius 2 is 2.20 bits per heavy atom. The van der Waals surface area contributed by atoms with Crippen molar-refractivity contribution in [1.82, 2.24) is 20.8 Å². The van der Waals surface area contributed by atoms with Crippen LogP contribution in [0.4, 0.5) is 4.79 Å². The first-order valence-corrected chi connectivity index (χ1v) is 7.36. The third-order valence-corrected chi connectivity index (χ3v) is 3.87. The zero-order valence-electron chi connectivity index (χ0n) is 12.0. The quantitative estimate of drug-likeness (QED) is 0.612. The van der Waals surface area contributed by atoms with Crippen molar-refractivity contribution in [2.24, 2.45) is 0 Å². The first kappa shape index (κ1) is 14.8. The van der Waals surface area contributed by atoms with Gasteiger partial charge in [0, 0.05) is 18.3 Å². The number of nitrogens with one attached hydrogen (secondary N) is 3. The molecule has 112 valence electrons.